The number of nitrogens with one attached hydrogen (secondary N) is 1. The van der Waals surface area contributed by atoms with Gasteiger partial charge in [0.2, 0.25) is 0 Å². The van der Waals surface area contributed by atoms with Crippen molar-refractivity contribution < 1.29 is 19.5 Å². The molecular weight excluding hydrogens is 584 g/mol. The molecule has 3 aromatic rings. The number of amides is 2. The smallest absolute Gasteiger partial charge is 0.276 e. The molecule has 0 saturated carbocycles. The van der Waals surface area contributed by atoms with Crippen molar-refractivity contribution in [2.75, 3.05) is 43.9 Å². The van der Waals surface area contributed by atoms with Gasteiger partial charge in [0.25, 0.3) is 11.8 Å². The average Bonchev–Trinajstić information content (AvgIpc) is 3.80. The van der Waals surface area contributed by atoms with Crippen molar-refractivity contribution in [3.63, 3.8) is 0 Å². The van der Waals surface area contributed by atoms with Crippen LogP contribution < -0.4 is 10.2 Å². The lowest BCUT2D eigenvalue weighted by molar-refractivity contribution is -0.104. The van der Waals surface area contributed by atoms with Crippen LogP contribution in [0.25, 0.3) is 5.57 Å². The quantitative estimate of drug-likeness (QED) is 0.211. The van der Waals surface area contributed by atoms with Crippen LogP contribution >= 0.6 is 0 Å². The number of aliphatic hydroxyl groups is 1. The Morgan fingerprint density at radius 1 is 1.13 bits per heavy atom. The Morgan fingerprint density at radius 2 is 1.89 bits per heavy atom. The molecule has 5 heterocycles. The van der Waals surface area contributed by atoms with Gasteiger partial charge in [-0.3, -0.25) is 24.0 Å². The number of allylic oxidation sites excluding steroid dienone is 3. The molecule has 3 aliphatic rings. The Morgan fingerprint density at radius 3 is 2.59 bits per heavy atom. The molecule has 12 nitrogen and oxygen atoms in total. The van der Waals surface area contributed by atoms with Gasteiger partial charge in [0.05, 0.1) is 12.3 Å². The average molecular weight is 627 g/mol. The van der Waals surface area contributed by atoms with Crippen LogP contribution in [0.2, 0.25) is 0 Å². The minimum atomic E-state index is -0.362. The van der Waals surface area contributed by atoms with E-state index < -0.39 is 0 Å². The molecule has 46 heavy (non-hydrogen) atoms. The maximum Gasteiger partial charge on any atom is 0.276 e. The van der Waals surface area contributed by atoms with Crippen molar-refractivity contribution in [3.8, 4) is 0 Å². The van der Waals surface area contributed by atoms with E-state index >= 15 is 0 Å². The number of pyridine rings is 1. The maximum atomic E-state index is 13.9. The van der Waals surface area contributed by atoms with E-state index in [9.17, 15) is 19.5 Å². The molecule has 0 aromatic carbocycles. The van der Waals surface area contributed by atoms with Gasteiger partial charge in [0.1, 0.15) is 17.2 Å². The first kappa shape index (κ1) is 31.3. The Hall–Kier alpha value is -4.71. The van der Waals surface area contributed by atoms with E-state index in [2.05, 4.69) is 33.8 Å². The minimum absolute atomic E-state index is 0.0877. The van der Waals surface area contributed by atoms with E-state index in [4.69, 9.17) is 0 Å². The lowest BCUT2D eigenvalue weighted by Crippen LogP contribution is -2.41. The number of aryl methyl sites for hydroxylation is 1. The van der Waals surface area contributed by atoms with Crippen molar-refractivity contribution in [1.82, 2.24) is 29.1 Å². The van der Waals surface area contributed by atoms with Crippen LogP contribution in [-0.4, -0.2) is 86.1 Å². The summed E-state index contributed by atoms with van der Waals surface area (Å²) >= 11 is 0. The van der Waals surface area contributed by atoms with Gasteiger partial charge in [-0.25, -0.2) is 4.98 Å². The van der Waals surface area contributed by atoms with Gasteiger partial charge in [-0.2, -0.15) is 5.10 Å². The first-order valence-corrected chi connectivity index (χ1v) is 15.8. The number of carbonyl (C=O) groups is 3. The van der Waals surface area contributed by atoms with Crippen molar-refractivity contribution >= 4 is 35.3 Å². The highest BCUT2D eigenvalue weighted by molar-refractivity contribution is 6.06. The molecule has 0 bridgehead atoms. The van der Waals surface area contributed by atoms with E-state index in [1.807, 2.05) is 36.2 Å². The predicted molar refractivity (Wildman–Crippen MR) is 175 cm³/mol. The van der Waals surface area contributed by atoms with Crippen molar-refractivity contribution in [1.29, 1.82) is 0 Å². The number of aliphatic hydroxyl groups excluding tert-OH is 1. The van der Waals surface area contributed by atoms with Crippen LogP contribution in [-0.2, 0) is 37.8 Å². The molecule has 0 atom stereocenters. The van der Waals surface area contributed by atoms with Crippen LogP contribution in [0.5, 0.6) is 0 Å². The fraction of sp³-hybridized carbons (Fsp3) is 0.441. The monoisotopic (exact) mass is 626 g/mol. The second-order valence-corrected chi connectivity index (χ2v) is 13.4. The maximum absolute atomic E-state index is 13.9. The van der Waals surface area contributed by atoms with Crippen LogP contribution in [0, 0.1) is 5.41 Å². The number of hydrogen-bond acceptors (Lipinski definition) is 8. The normalized spacial score (nSPS) is 17.7. The number of anilines is 2. The third kappa shape index (κ3) is 5.84. The second-order valence-electron chi connectivity index (χ2n) is 13.4. The van der Waals surface area contributed by atoms with Gasteiger partial charge in [-0.15, -0.1) is 0 Å². The van der Waals surface area contributed by atoms with Gasteiger partial charge in [0, 0.05) is 82.6 Å². The zero-order chi connectivity index (χ0) is 32.7. The molecule has 2 N–H and O–H groups in total. The molecule has 2 amide bonds. The largest absolute Gasteiger partial charge is 0.392 e. The topological polar surface area (TPSA) is 129 Å². The molecule has 6 rings (SSSR count). The summed E-state index contributed by atoms with van der Waals surface area (Å²) in [5.41, 5.74) is 5.69. The number of hydrogen-bond donors (Lipinski definition) is 2. The van der Waals surface area contributed by atoms with Gasteiger partial charge in [0.15, 0.2) is 12.1 Å². The Labute approximate surface area is 269 Å². The summed E-state index contributed by atoms with van der Waals surface area (Å²) in [5, 5.41) is 18.1. The summed E-state index contributed by atoms with van der Waals surface area (Å²) in [6.45, 7) is 6.67. The van der Waals surface area contributed by atoms with Gasteiger partial charge < -0.3 is 24.8 Å². The molecule has 0 spiro atoms. The van der Waals surface area contributed by atoms with Crippen LogP contribution in [0.1, 0.15) is 70.1 Å². The lowest BCUT2D eigenvalue weighted by Gasteiger charge is -2.31. The van der Waals surface area contributed by atoms with Crippen molar-refractivity contribution in [2.45, 2.75) is 52.7 Å². The van der Waals surface area contributed by atoms with E-state index in [-0.39, 0.29) is 29.5 Å². The second kappa shape index (κ2) is 12.2. The fourth-order valence-corrected chi connectivity index (χ4v) is 6.94. The molecule has 242 valence electrons. The summed E-state index contributed by atoms with van der Waals surface area (Å²) in [5.74, 6) is 0.528. The highest BCUT2D eigenvalue weighted by Gasteiger charge is 2.37. The van der Waals surface area contributed by atoms with Gasteiger partial charge >= 0.3 is 0 Å². The highest BCUT2D eigenvalue weighted by atomic mass is 16.3. The molecular formula is C34H42N8O4. The number of likely N-dealkylation sites (tertiary alicyclic amines) is 1. The standard InChI is InChI=1S/C34H42N8O4/c1-34(2)17-22-15-28-33(46)42(13-12-41(28)29(22)18-34)31-26(21-44)25(8-9-35-31)23(19-38(3)4)14-24(20-43)36-30-16-27(39(5)37-30)32(45)40-10-6-7-11-40/h8-9,14-16,19-20,44H,6-7,10-13,17-18,21H2,1-5H3,(H,36,37)/b23-19+,24-14+. The number of aldehydes is 1. The molecule has 3 aromatic heterocycles. The fourth-order valence-electron chi connectivity index (χ4n) is 6.94. The molecule has 0 unspecified atom stereocenters. The molecule has 1 saturated heterocycles. The van der Waals surface area contributed by atoms with Gasteiger partial charge in [-0.05, 0) is 60.4 Å². The highest BCUT2D eigenvalue weighted by Crippen LogP contribution is 2.40. The first-order valence-electron chi connectivity index (χ1n) is 15.8. The van der Waals surface area contributed by atoms with Gasteiger partial charge in [-0.1, -0.05) is 13.8 Å². The number of nitrogens with zero attached hydrogens (tertiary/aromatic N) is 7. The number of rotatable bonds is 9. The van der Waals surface area contributed by atoms with Crippen LogP contribution in [0.3, 0.4) is 0 Å². The van der Waals surface area contributed by atoms with E-state index in [1.54, 1.807) is 36.4 Å². The Balaban J connectivity index is 1.31. The zero-order valence-electron chi connectivity index (χ0n) is 27.2. The lowest BCUT2D eigenvalue weighted by atomic mass is 9.90. The molecule has 12 heteroatoms. The Kier molecular flexibility index (Phi) is 8.32. The summed E-state index contributed by atoms with van der Waals surface area (Å²) in [7, 11) is 5.43. The number of fused-ring (bicyclic) bond motifs is 3. The minimum Gasteiger partial charge on any atom is -0.392 e. The molecule has 0 radical (unpaired) electrons. The predicted octanol–water partition coefficient (Wildman–Crippen LogP) is 3.23. The van der Waals surface area contributed by atoms with Crippen molar-refractivity contribution in [3.05, 3.63) is 76.1 Å². The van der Waals surface area contributed by atoms with Crippen molar-refractivity contribution in [2.24, 2.45) is 12.5 Å². The number of carbonyl (C=O) groups excluding carboxylic acids is 3. The summed E-state index contributed by atoms with van der Waals surface area (Å²) in [6, 6.07) is 5.43. The van der Waals surface area contributed by atoms with E-state index in [0.29, 0.717) is 59.1 Å². The molecule has 1 aliphatic carbocycles. The Bertz CT molecular complexity index is 1760. The zero-order valence-corrected chi connectivity index (χ0v) is 27.2. The van der Waals surface area contributed by atoms with Crippen LogP contribution in [0.15, 0.2) is 42.4 Å². The third-order valence-corrected chi connectivity index (χ3v) is 8.98. The van der Waals surface area contributed by atoms with E-state index in [0.717, 1.165) is 38.8 Å². The van der Waals surface area contributed by atoms with E-state index in [1.165, 1.54) is 15.9 Å². The first-order chi connectivity index (χ1) is 22.0. The molecule has 2 aliphatic heterocycles. The third-order valence-electron chi connectivity index (χ3n) is 8.98. The summed E-state index contributed by atoms with van der Waals surface area (Å²) in [6.07, 6.45) is 9.66. The van der Waals surface area contributed by atoms with Crippen LogP contribution in [0.4, 0.5) is 11.6 Å². The number of aromatic nitrogens is 4. The SMILES string of the molecule is CN(C)/C=C(\C=C(/C=O)Nc1cc(C(=O)N2CCCC2)n(C)n1)c1ccnc(N2CCn3c(cc4c3CC(C)(C)C4)C2=O)c1CO. The molecule has 1 fully saturated rings. The summed E-state index contributed by atoms with van der Waals surface area (Å²) in [4.78, 5) is 49.0. The summed E-state index contributed by atoms with van der Waals surface area (Å²) < 4.78 is 3.66.